The summed E-state index contributed by atoms with van der Waals surface area (Å²) in [6.07, 6.45) is 0. The molecule has 5 nitrogen and oxygen atoms in total. The first-order valence-electron chi connectivity index (χ1n) is 6.24. The molecule has 0 radical (unpaired) electrons. The van der Waals surface area contributed by atoms with Crippen molar-refractivity contribution in [2.45, 2.75) is 26.4 Å². The van der Waals surface area contributed by atoms with Crippen LogP contribution in [0.4, 0.5) is 0 Å². The number of likely N-dealkylation sites (N-methyl/N-ethyl adjacent to an activating group) is 1. The summed E-state index contributed by atoms with van der Waals surface area (Å²) >= 11 is 0. The van der Waals surface area contributed by atoms with E-state index >= 15 is 0 Å². The molecule has 19 heavy (non-hydrogen) atoms. The predicted octanol–water partition coefficient (Wildman–Crippen LogP) is 1.07. The van der Waals surface area contributed by atoms with E-state index in [2.05, 4.69) is 16.7 Å². The Labute approximate surface area is 114 Å². The van der Waals surface area contributed by atoms with Gasteiger partial charge in [-0.2, -0.15) is 0 Å². The highest BCUT2D eigenvalue weighted by Gasteiger charge is 2.14. The van der Waals surface area contributed by atoms with E-state index in [0.717, 1.165) is 16.9 Å². The number of rotatable bonds is 7. The predicted molar refractivity (Wildman–Crippen MR) is 74.7 cm³/mol. The van der Waals surface area contributed by atoms with E-state index in [0.29, 0.717) is 13.1 Å². The number of aryl methyl sites for hydroxylation is 2. The van der Waals surface area contributed by atoms with Crippen molar-refractivity contribution in [3.63, 3.8) is 0 Å². The van der Waals surface area contributed by atoms with Gasteiger partial charge >= 0.3 is 5.97 Å². The van der Waals surface area contributed by atoms with E-state index in [1.165, 1.54) is 5.56 Å². The Kier molecular flexibility index (Phi) is 5.79. The molecule has 1 aromatic carbocycles. The van der Waals surface area contributed by atoms with Crippen molar-refractivity contribution < 1.29 is 14.6 Å². The first-order chi connectivity index (χ1) is 8.99. The molecule has 0 saturated carbocycles. The number of methoxy groups -OCH3 is 1. The number of carboxylic acid groups (broad SMARTS) is 1. The Bertz CT molecular complexity index is 447. The maximum absolute atomic E-state index is 10.9. The van der Waals surface area contributed by atoms with Crippen LogP contribution in [0.15, 0.2) is 12.1 Å². The van der Waals surface area contributed by atoms with Crippen LogP contribution >= 0.6 is 0 Å². The second-order valence-corrected chi connectivity index (χ2v) is 4.58. The van der Waals surface area contributed by atoms with Crippen molar-refractivity contribution >= 4 is 5.97 Å². The number of carbonyl (C=O) groups is 1. The molecule has 1 aromatic rings. The van der Waals surface area contributed by atoms with Crippen LogP contribution in [0.2, 0.25) is 0 Å². The Hall–Kier alpha value is -1.59. The molecule has 1 unspecified atom stereocenters. The van der Waals surface area contributed by atoms with Crippen molar-refractivity contribution in [3.8, 4) is 5.75 Å². The minimum Gasteiger partial charge on any atom is -0.496 e. The van der Waals surface area contributed by atoms with Crippen LogP contribution < -0.4 is 15.4 Å². The lowest BCUT2D eigenvalue weighted by Gasteiger charge is -2.15. The molecule has 0 aliphatic heterocycles. The van der Waals surface area contributed by atoms with E-state index in [-0.39, 0.29) is 0 Å². The molecule has 0 aliphatic rings. The van der Waals surface area contributed by atoms with Gasteiger partial charge in [-0.3, -0.25) is 4.79 Å². The van der Waals surface area contributed by atoms with Crippen molar-refractivity contribution in [1.29, 1.82) is 0 Å². The third-order valence-electron chi connectivity index (χ3n) is 3.01. The lowest BCUT2D eigenvalue weighted by atomic mass is 10.1. The molecule has 1 rings (SSSR count). The van der Waals surface area contributed by atoms with Gasteiger partial charge in [-0.15, -0.1) is 0 Å². The molecule has 0 saturated heterocycles. The van der Waals surface area contributed by atoms with Gasteiger partial charge in [0.05, 0.1) is 7.11 Å². The average Bonchev–Trinajstić information content (AvgIpc) is 2.33. The third kappa shape index (κ3) is 4.22. The smallest absolute Gasteiger partial charge is 0.322 e. The molecule has 5 heteroatoms. The number of nitrogens with one attached hydrogen (secondary N) is 2. The quantitative estimate of drug-likeness (QED) is 0.689. The number of aliphatic carboxylic acids is 1. The molecule has 0 aromatic heterocycles. The molecule has 0 heterocycles. The van der Waals surface area contributed by atoms with E-state index < -0.39 is 12.0 Å². The molecule has 0 fully saturated rings. The monoisotopic (exact) mass is 266 g/mol. The molecule has 0 spiro atoms. The molecule has 1 atom stereocenters. The minimum atomic E-state index is -0.859. The number of hydrogen-bond acceptors (Lipinski definition) is 4. The fourth-order valence-electron chi connectivity index (χ4n) is 2.13. The highest BCUT2D eigenvalue weighted by atomic mass is 16.5. The summed E-state index contributed by atoms with van der Waals surface area (Å²) < 4.78 is 5.39. The third-order valence-corrected chi connectivity index (χ3v) is 3.01. The second kappa shape index (κ2) is 7.11. The maximum Gasteiger partial charge on any atom is 0.322 e. The van der Waals surface area contributed by atoms with Gasteiger partial charge < -0.3 is 20.5 Å². The first-order valence-corrected chi connectivity index (χ1v) is 6.24. The SMILES string of the molecule is CNC(CNCc1cc(C)cc(C)c1OC)C(=O)O. The second-order valence-electron chi connectivity index (χ2n) is 4.58. The molecular weight excluding hydrogens is 244 g/mol. The highest BCUT2D eigenvalue weighted by molar-refractivity contribution is 5.73. The van der Waals surface area contributed by atoms with Gasteiger partial charge in [0, 0.05) is 18.7 Å². The molecule has 0 bridgehead atoms. The van der Waals surface area contributed by atoms with Crippen molar-refractivity contribution in [1.82, 2.24) is 10.6 Å². The molecule has 0 amide bonds. The normalized spacial score (nSPS) is 12.2. The van der Waals surface area contributed by atoms with Crippen LogP contribution in [0.5, 0.6) is 5.75 Å². The van der Waals surface area contributed by atoms with Gasteiger partial charge in [-0.25, -0.2) is 0 Å². The summed E-state index contributed by atoms with van der Waals surface area (Å²) in [4.78, 5) is 10.9. The van der Waals surface area contributed by atoms with Crippen LogP contribution in [-0.4, -0.2) is 37.8 Å². The zero-order chi connectivity index (χ0) is 14.4. The van der Waals surface area contributed by atoms with Crippen LogP contribution in [0.1, 0.15) is 16.7 Å². The Morgan fingerprint density at radius 3 is 2.63 bits per heavy atom. The average molecular weight is 266 g/mol. The minimum absolute atomic E-state index is 0.363. The summed E-state index contributed by atoms with van der Waals surface area (Å²) in [5, 5.41) is 14.8. The first kappa shape index (κ1) is 15.5. The summed E-state index contributed by atoms with van der Waals surface area (Å²) in [6.45, 7) is 4.98. The summed E-state index contributed by atoms with van der Waals surface area (Å²) in [5.41, 5.74) is 3.29. The van der Waals surface area contributed by atoms with E-state index in [1.54, 1.807) is 14.2 Å². The standard InChI is InChI=1S/C14H22N2O3/c1-9-5-10(2)13(19-4)11(6-9)7-16-8-12(15-3)14(17)18/h5-6,12,15-16H,7-8H2,1-4H3,(H,17,18). The highest BCUT2D eigenvalue weighted by Crippen LogP contribution is 2.24. The Morgan fingerprint density at radius 2 is 2.11 bits per heavy atom. The van der Waals surface area contributed by atoms with Crippen molar-refractivity contribution in [2.75, 3.05) is 20.7 Å². The van der Waals surface area contributed by atoms with Gasteiger partial charge in [0.25, 0.3) is 0 Å². The van der Waals surface area contributed by atoms with Gasteiger partial charge in [-0.1, -0.05) is 17.7 Å². The summed E-state index contributed by atoms with van der Waals surface area (Å²) in [7, 11) is 3.28. The van der Waals surface area contributed by atoms with E-state index in [4.69, 9.17) is 9.84 Å². The van der Waals surface area contributed by atoms with Gasteiger partial charge in [0.15, 0.2) is 0 Å². The Morgan fingerprint density at radius 1 is 1.42 bits per heavy atom. The van der Waals surface area contributed by atoms with Crippen LogP contribution in [0.25, 0.3) is 0 Å². The van der Waals surface area contributed by atoms with Crippen molar-refractivity contribution in [3.05, 3.63) is 28.8 Å². The number of hydrogen-bond donors (Lipinski definition) is 3. The van der Waals surface area contributed by atoms with Gasteiger partial charge in [0.2, 0.25) is 0 Å². The Balaban J connectivity index is 2.70. The number of carboxylic acids is 1. The lowest BCUT2D eigenvalue weighted by Crippen LogP contribution is -2.42. The molecular formula is C14H22N2O3. The van der Waals surface area contributed by atoms with Crippen LogP contribution in [0.3, 0.4) is 0 Å². The number of benzene rings is 1. The molecule has 3 N–H and O–H groups in total. The lowest BCUT2D eigenvalue weighted by molar-refractivity contribution is -0.139. The molecule has 0 aliphatic carbocycles. The van der Waals surface area contributed by atoms with Crippen LogP contribution in [-0.2, 0) is 11.3 Å². The number of ether oxygens (including phenoxy) is 1. The van der Waals surface area contributed by atoms with E-state index in [9.17, 15) is 4.79 Å². The molecule has 106 valence electrons. The van der Waals surface area contributed by atoms with Gasteiger partial charge in [-0.05, 0) is 26.5 Å². The zero-order valence-corrected chi connectivity index (χ0v) is 11.9. The van der Waals surface area contributed by atoms with Crippen LogP contribution in [0, 0.1) is 13.8 Å². The van der Waals surface area contributed by atoms with Crippen molar-refractivity contribution in [2.24, 2.45) is 0 Å². The fourth-order valence-corrected chi connectivity index (χ4v) is 2.13. The topological polar surface area (TPSA) is 70.6 Å². The largest absolute Gasteiger partial charge is 0.496 e. The summed E-state index contributed by atoms with van der Waals surface area (Å²) in [5.74, 6) is -0.00294. The van der Waals surface area contributed by atoms with Gasteiger partial charge in [0.1, 0.15) is 11.8 Å². The van der Waals surface area contributed by atoms with E-state index in [1.807, 2.05) is 19.9 Å². The summed E-state index contributed by atoms with van der Waals surface area (Å²) in [6, 6.07) is 3.53. The zero-order valence-electron chi connectivity index (χ0n) is 11.9. The maximum atomic E-state index is 10.9. The fraction of sp³-hybridized carbons (Fsp3) is 0.500.